The molecule has 7 nitrogen and oxygen atoms in total. The van der Waals surface area contributed by atoms with Gasteiger partial charge in [-0.15, -0.1) is 0 Å². The second kappa shape index (κ2) is 7.42. The first-order valence-electron chi connectivity index (χ1n) is 7.84. The number of sulfonamides is 1. The minimum Gasteiger partial charge on any atom is -0.482 e. The molecule has 0 aliphatic carbocycles. The van der Waals surface area contributed by atoms with Gasteiger partial charge in [-0.3, -0.25) is 14.1 Å². The van der Waals surface area contributed by atoms with E-state index in [0.717, 1.165) is 4.31 Å². The zero-order valence-electron chi connectivity index (χ0n) is 14.3. The number of pyridine rings is 1. The molecule has 0 bridgehead atoms. The van der Waals surface area contributed by atoms with Gasteiger partial charge in [0.15, 0.2) is 6.61 Å². The fourth-order valence-corrected chi connectivity index (χ4v) is 4.20. The molecule has 0 saturated carbocycles. The number of carbonyl (C=O) groups is 1. The van der Waals surface area contributed by atoms with Crippen LogP contribution in [-0.4, -0.2) is 33.0 Å². The van der Waals surface area contributed by atoms with E-state index < -0.39 is 22.5 Å². The van der Waals surface area contributed by atoms with Crippen molar-refractivity contribution in [1.82, 2.24) is 4.98 Å². The number of fused-ring (bicyclic) bond motifs is 1. The number of halogens is 1. The molecule has 2 aromatic carbocycles. The maximum Gasteiger partial charge on any atom is 0.267 e. The highest BCUT2D eigenvalue weighted by Gasteiger charge is 2.27. The van der Waals surface area contributed by atoms with Crippen molar-refractivity contribution in [3.05, 3.63) is 59.8 Å². The third kappa shape index (κ3) is 3.81. The molecule has 0 spiro atoms. The molecule has 0 unspecified atom stereocenters. The highest BCUT2D eigenvalue weighted by atomic mass is 35.5. The molecule has 3 aromatic rings. The first-order valence-corrected chi connectivity index (χ1v) is 9.66. The number of hydrogen-bond donors (Lipinski definition) is 1. The molecule has 0 aliphatic rings. The number of nitrogens with two attached hydrogens (primary N) is 1. The van der Waals surface area contributed by atoms with E-state index in [4.69, 9.17) is 22.1 Å². The van der Waals surface area contributed by atoms with Gasteiger partial charge in [-0.25, -0.2) is 8.42 Å². The van der Waals surface area contributed by atoms with Gasteiger partial charge in [-0.2, -0.15) is 0 Å². The van der Waals surface area contributed by atoms with Gasteiger partial charge in [0.1, 0.15) is 10.6 Å². The minimum absolute atomic E-state index is 0.0107. The van der Waals surface area contributed by atoms with Crippen LogP contribution in [0.2, 0.25) is 5.02 Å². The van der Waals surface area contributed by atoms with E-state index in [-0.39, 0.29) is 15.7 Å². The Morgan fingerprint density at radius 2 is 2.00 bits per heavy atom. The van der Waals surface area contributed by atoms with E-state index in [2.05, 4.69) is 4.98 Å². The summed E-state index contributed by atoms with van der Waals surface area (Å²) >= 11 is 5.99. The Morgan fingerprint density at radius 1 is 1.22 bits per heavy atom. The third-order valence-corrected chi connectivity index (χ3v) is 5.90. The lowest BCUT2D eigenvalue weighted by atomic mass is 10.2. The average molecular weight is 406 g/mol. The van der Waals surface area contributed by atoms with E-state index in [1.54, 1.807) is 36.5 Å². The Hall–Kier alpha value is -2.84. The highest BCUT2D eigenvalue weighted by Crippen LogP contribution is 2.34. The smallest absolute Gasteiger partial charge is 0.267 e. The van der Waals surface area contributed by atoms with Crippen molar-refractivity contribution < 1.29 is 17.9 Å². The zero-order valence-corrected chi connectivity index (χ0v) is 15.9. The van der Waals surface area contributed by atoms with E-state index in [1.165, 1.54) is 25.2 Å². The Labute approximate surface area is 161 Å². The number of aromatic nitrogens is 1. The Kier molecular flexibility index (Phi) is 5.20. The Bertz CT molecular complexity index is 1110. The highest BCUT2D eigenvalue weighted by molar-refractivity contribution is 7.93. The normalized spacial score (nSPS) is 11.3. The summed E-state index contributed by atoms with van der Waals surface area (Å²) in [7, 11) is -2.61. The summed E-state index contributed by atoms with van der Waals surface area (Å²) in [6, 6.07) is 12.8. The van der Waals surface area contributed by atoms with Gasteiger partial charge in [0.2, 0.25) is 0 Å². The fraction of sp³-hybridized carbons (Fsp3) is 0.111. The van der Waals surface area contributed by atoms with Crippen molar-refractivity contribution in [1.29, 1.82) is 0 Å². The number of benzene rings is 2. The van der Waals surface area contributed by atoms with Gasteiger partial charge < -0.3 is 10.5 Å². The molecule has 27 heavy (non-hydrogen) atoms. The van der Waals surface area contributed by atoms with E-state index >= 15 is 0 Å². The number of anilines is 1. The van der Waals surface area contributed by atoms with Crippen LogP contribution in [0, 0.1) is 0 Å². The SMILES string of the molecule is CN(c1cccc2ncccc12)S(=O)(=O)c1cc(Cl)ccc1OCC(N)=O. The largest absolute Gasteiger partial charge is 0.482 e. The van der Waals surface area contributed by atoms with Crippen molar-refractivity contribution in [3.63, 3.8) is 0 Å². The van der Waals surface area contributed by atoms with Crippen LogP contribution in [0.25, 0.3) is 10.9 Å². The standard InChI is InChI=1S/C18H16ClN3O4S/c1-22(15-6-2-5-14-13(15)4-3-9-21-14)27(24,25)17-10-12(19)7-8-16(17)26-11-18(20)23/h2-10H,11H2,1H3,(H2,20,23). The summed E-state index contributed by atoms with van der Waals surface area (Å²) in [5, 5.41) is 0.890. The molecule has 2 N–H and O–H groups in total. The Morgan fingerprint density at radius 3 is 2.74 bits per heavy atom. The molecule has 0 fully saturated rings. The van der Waals surface area contributed by atoms with Crippen LogP contribution in [0.15, 0.2) is 59.6 Å². The number of rotatable bonds is 6. The van der Waals surface area contributed by atoms with Crippen molar-refractivity contribution >= 4 is 44.1 Å². The molecule has 0 aliphatic heterocycles. The van der Waals surface area contributed by atoms with Crippen molar-refractivity contribution in [3.8, 4) is 5.75 Å². The summed E-state index contributed by atoms with van der Waals surface area (Å²) in [6.07, 6.45) is 1.63. The quantitative estimate of drug-likeness (QED) is 0.678. The molecule has 0 radical (unpaired) electrons. The monoisotopic (exact) mass is 405 g/mol. The number of amides is 1. The molecule has 0 atom stereocenters. The molecule has 140 valence electrons. The summed E-state index contributed by atoms with van der Waals surface area (Å²) in [5.41, 5.74) is 6.19. The number of ether oxygens (including phenoxy) is 1. The zero-order chi connectivity index (χ0) is 19.6. The lowest BCUT2D eigenvalue weighted by Crippen LogP contribution is -2.28. The van der Waals surface area contributed by atoms with Gasteiger partial charge in [0.25, 0.3) is 15.9 Å². The van der Waals surface area contributed by atoms with Gasteiger partial charge in [0.05, 0.1) is 11.2 Å². The molecule has 9 heteroatoms. The van der Waals surface area contributed by atoms with Crippen LogP contribution >= 0.6 is 11.6 Å². The number of hydrogen-bond acceptors (Lipinski definition) is 5. The second-order valence-corrected chi connectivity index (χ2v) is 8.04. The average Bonchev–Trinajstić information content (AvgIpc) is 2.65. The maximum absolute atomic E-state index is 13.2. The molecule has 1 heterocycles. The van der Waals surface area contributed by atoms with Crippen LogP contribution in [-0.2, 0) is 14.8 Å². The van der Waals surface area contributed by atoms with Crippen molar-refractivity contribution in [2.24, 2.45) is 5.73 Å². The number of nitrogens with zero attached hydrogens (tertiary/aromatic N) is 2. The molecular weight excluding hydrogens is 390 g/mol. The van der Waals surface area contributed by atoms with E-state index in [9.17, 15) is 13.2 Å². The molecule has 3 rings (SSSR count). The fourth-order valence-electron chi connectivity index (χ4n) is 2.59. The van der Waals surface area contributed by atoms with E-state index in [1.807, 2.05) is 0 Å². The van der Waals surface area contributed by atoms with Gasteiger partial charge >= 0.3 is 0 Å². The summed E-state index contributed by atoms with van der Waals surface area (Å²) in [6.45, 7) is -0.452. The van der Waals surface area contributed by atoms with Gasteiger partial charge in [-0.1, -0.05) is 17.7 Å². The predicted octanol–water partition coefficient (Wildman–Crippen LogP) is 2.58. The summed E-state index contributed by atoms with van der Waals surface area (Å²) < 4.78 is 32.9. The number of primary amides is 1. The topological polar surface area (TPSA) is 103 Å². The third-order valence-electron chi connectivity index (χ3n) is 3.88. The van der Waals surface area contributed by atoms with Crippen LogP contribution in [0.4, 0.5) is 5.69 Å². The van der Waals surface area contributed by atoms with Crippen molar-refractivity contribution in [2.45, 2.75) is 4.90 Å². The summed E-state index contributed by atoms with van der Waals surface area (Å²) in [4.78, 5) is 15.1. The molecular formula is C18H16ClN3O4S. The second-order valence-electron chi connectivity index (χ2n) is 5.67. The van der Waals surface area contributed by atoms with E-state index in [0.29, 0.717) is 16.6 Å². The lowest BCUT2D eigenvalue weighted by molar-refractivity contribution is -0.120. The maximum atomic E-state index is 13.2. The van der Waals surface area contributed by atoms with Gasteiger partial charge in [-0.05, 0) is 42.5 Å². The number of carbonyl (C=O) groups excluding carboxylic acids is 1. The molecule has 1 aromatic heterocycles. The minimum atomic E-state index is -4.04. The first-order chi connectivity index (χ1) is 12.8. The Balaban J connectivity index is 2.10. The molecule has 1 amide bonds. The van der Waals surface area contributed by atoms with Crippen molar-refractivity contribution in [2.75, 3.05) is 18.0 Å². The van der Waals surface area contributed by atoms with Crippen LogP contribution in [0.5, 0.6) is 5.75 Å². The van der Waals surface area contributed by atoms with Crippen LogP contribution in [0.1, 0.15) is 0 Å². The first kappa shape index (κ1) is 18.9. The van der Waals surface area contributed by atoms with Crippen LogP contribution in [0.3, 0.4) is 0 Å². The predicted molar refractivity (Wildman–Crippen MR) is 103 cm³/mol. The summed E-state index contributed by atoms with van der Waals surface area (Å²) in [5.74, 6) is -0.731. The lowest BCUT2D eigenvalue weighted by Gasteiger charge is -2.22. The van der Waals surface area contributed by atoms with Crippen LogP contribution < -0.4 is 14.8 Å². The van der Waals surface area contributed by atoms with Gasteiger partial charge in [0, 0.05) is 23.7 Å². The molecule has 0 saturated heterocycles.